The molecule has 0 saturated heterocycles. The number of hydrogen-bond acceptors (Lipinski definition) is 2. The van der Waals surface area contributed by atoms with Crippen LogP contribution in [0, 0.1) is 0 Å². The molecule has 1 amide bonds. The van der Waals surface area contributed by atoms with E-state index in [4.69, 9.17) is 5.73 Å². The molecule has 1 aromatic carbocycles. The Hall–Kier alpha value is -1.35. The molecule has 0 radical (unpaired) electrons. The maximum atomic E-state index is 11.7. The van der Waals surface area contributed by atoms with Gasteiger partial charge in [0.25, 0.3) is 0 Å². The Morgan fingerprint density at radius 1 is 1.17 bits per heavy atom. The van der Waals surface area contributed by atoms with Gasteiger partial charge in [-0.15, -0.1) is 0 Å². The molecular formula is C15H24N2O. The number of carbonyl (C=O) groups excluding carboxylic acids is 1. The number of nitrogens with two attached hydrogens (primary N) is 1. The average molecular weight is 248 g/mol. The van der Waals surface area contributed by atoms with E-state index in [1.807, 2.05) is 13.8 Å². The van der Waals surface area contributed by atoms with Gasteiger partial charge in [-0.3, -0.25) is 4.79 Å². The van der Waals surface area contributed by atoms with Crippen LogP contribution in [0.4, 0.5) is 0 Å². The van der Waals surface area contributed by atoms with E-state index in [9.17, 15) is 4.79 Å². The van der Waals surface area contributed by atoms with E-state index < -0.39 is 6.04 Å². The van der Waals surface area contributed by atoms with E-state index in [0.29, 0.717) is 12.3 Å². The van der Waals surface area contributed by atoms with Crippen molar-refractivity contribution < 1.29 is 4.79 Å². The number of carbonyl (C=O) groups is 1. The Balaban J connectivity index is 2.67. The van der Waals surface area contributed by atoms with Gasteiger partial charge in [-0.25, -0.2) is 0 Å². The average Bonchev–Trinajstić information content (AvgIpc) is 2.37. The molecule has 0 saturated carbocycles. The largest absolute Gasteiger partial charge is 0.348 e. The highest BCUT2D eigenvalue weighted by Gasteiger charge is 2.14. The molecule has 0 aliphatic carbocycles. The van der Waals surface area contributed by atoms with Crippen LogP contribution in [0.5, 0.6) is 0 Å². The lowest BCUT2D eigenvalue weighted by Gasteiger charge is -2.17. The first-order chi connectivity index (χ1) is 8.45. The summed E-state index contributed by atoms with van der Waals surface area (Å²) in [4.78, 5) is 11.7. The maximum Gasteiger partial charge on any atom is 0.237 e. The summed E-state index contributed by atoms with van der Waals surface area (Å²) in [6, 6.07) is 7.94. The van der Waals surface area contributed by atoms with E-state index in [-0.39, 0.29) is 11.9 Å². The second-order valence-corrected chi connectivity index (χ2v) is 5.07. The predicted octanol–water partition coefficient (Wildman–Crippen LogP) is 2.72. The van der Waals surface area contributed by atoms with E-state index >= 15 is 0 Å². The minimum Gasteiger partial charge on any atom is -0.348 e. The van der Waals surface area contributed by atoms with Crippen molar-refractivity contribution in [2.45, 2.75) is 52.1 Å². The topological polar surface area (TPSA) is 55.1 Å². The molecule has 1 unspecified atom stereocenters. The summed E-state index contributed by atoms with van der Waals surface area (Å²) < 4.78 is 0. The molecule has 0 heterocycles. The van der Waals surface area contributed by atoms with Crippen LogP contribution in [0.1, 0.15) is 57.2 Å². The lowest BCUT2D eigenvalue weighted by molar-refractivity contribution is -0.123. The number of nitrogens with one attached hydrogen (secondary N) is 1. The SMILES string of the molecule is CC[C@H](N)C(=O)NC(C)c1ccc(C(C)C)cc1. The Morgan fingerprint density at radius 3 is 2.11 bits per heavy atom. The zero-order chi connectivity index (χ0) is 13.7. The van der Waals surface area contributed by atoms with Crippen LogP contribution in [0.25, 0.3) is 0 Å². The molecule has 0 aromatic heterocycles. The minimum atomic E-state index is -0.414. The van der Waals surface area contributed by atoms with Crippen LogP contribution in [0.15, 0.2) is 24.3 Å². The zero-order valence-electron chi connectivity index (χ0n) is 11.7. The van der Waals surface area contributed by atoms with E-state index in [1.54, 1.807) is 0 Å². The first kappa shape index (κ1) is 14.7. The number of hydrogen-bond donors (Lipinski definition) is 2. The summed E-state index contributed by atoms with van der Waals surface area (Å²) in [5, 5.41) is 2.93. The molecule has 0 aliphatic heterocycles. The fourth-order valence-electron chi connectivity index (χ4n) is 1.76. The van der Waals surface area contributed by atoms with Gasteiger partial charge >= 0.3 is 0 Å². The summed E-state index contributed by atoms with van der Waals surface area (Å²) in [5.74, 6) is 0.440. The van der Waals surface area contributed by atoms with Crippen molar-refractivity contribution in [3.8, 4) is 0 Å². The van der Waals surface area contributed by atoms with Gasteiger partial charge in [0.05, 0.1) is 12.1 Å². The van der Waals surface area contributed by atoms with Gasteiger partial charge in [0.2, 0.25) is 5.91 Å². The quantitative estimate of drug-likeness (QED) is 0.841. The van der Waals surface area contributed by atoms with Gasteiger partial charge in [-0.2, -0.15) is 0 Å². The molecule has 0 aliphatic rings. The molecule has 0 bridgehead atoms. The van der Waals surface area contributed by atoms with Gasteiger partial charge in [-0.1, -0.05) is 45.0 Å². The summed E-state index contributed by atoms with van der Waals surface area (Å²) in [5.41, 5.74) is 8.11. The standard InChI is InChI=1S/C15H24N2O/c1-5-14(16)15(18)17-11(4)13-8-6-12(7-9-13)10(2)3/h6-11,14H,5,16H2,1-4H3,(H,17,18)/t11?,14-/m0/s1. The molecule has 0 spiro atoms. The molecule has 2 atom stereocenters. The molecule has 1 aromatic rings. The van der Waals surface area contributed by atoms with Crippen molar-refractivity contribution in [2.75, 3.05) is 0 Å². The molecular weight excluding hydrogens is 224 g/mol. The molecule has 100 valence electrons. The molecule has 18 heavy (non-hydrogen) atoms. The van der Waals surface area contributed by atoms with Crippen LogP contribution in [0.3, 0.4) is 0 Å². The van der Waals surface area contributed by atoms with Crippen molar-refractivity contribution in [3.63, 3.8) is 0 Å². The second-order valence-electron chi connectivity index (χ2n) is 5.07. The number of rotatable bonds is 5. The van der Waals surface area contributed by atoms with Crippen LogP contribution in [-0.4, -0.2) is 11.9 Å². The molecule has 1 rings (SSSR count). The second kappa shape index (κ2) is 6.55. The van der Waals surface area contributed by atoms with Gasteiger partial charge in [-0.05, 0) is 30.4 Å². The Morgan fingerprint density at radius 2 is 1.67 bits per heavy atom. The van der Waals surface area contributed by atoms with Gasteiger partial charge in [0.15, 0.2) is 0 Å². The maximum absolute atomic E-state index is 11.7. The van der Waals surface area contributed by atoms with Crippen LogP contribution in [0.2, 0.25) is 0 Å². The summed E-state index contributed by atoms with van der Waals surface area (Å²) >= 11 is 0. The van der Waals surface area contributed by atoms with Crippen LogP contribution in [-0.2, 0) is 4.79 Å². The predicted molar refractivity (Wildman–Crippen MR) is 75.4 cm³/mol. The summed E-state index contributed by atoms with van der Waals surface area (Å²) in [6.07, 6.45) is 0.658. The van der Waals surface area contributed by atoms with Gasteiger partial charge in [0.1, 0.15) is 0 Å². The fraction of sp³-hybridized carbons (Fsp3) is 0.533. The summed E-state index contributed by atoms with van der Waals surface area (Å²) in [7, 11) is 0. The van der Waals surface area contributed by atoms with Crippen molar-refractivity contribution in [1.82, 2.24) is 5.32 Å². The third-order valence-corrected chi connectivity index (χ3v) is 3.24. The third-order valence-electron chi connectivity index (χ3n) is 3.24. The smallest absolute Gasteiger partial charge is 0.237 e. The third kappa shape index (κ3) is 3.84. The van der Waals surface area contributed by atoms with Crippen molar-refractivity contribution in [3.05, 3.63) is 35.4 Å². The Kier molecular flexibility index (Phi) is 5.35. The van der Waals surface area contributed by atoms with Crippen molar-refractivity contribution in [1.29, 1.82) is 0 Å². The lowest BCUT2D eigenvalue weighted by Crippen LogP contribution is -2.41. The van der Waals surface area contributed by atoms with E-state index in [2.05, 4.69) is 43.4 Å². The van der Waals surface area contributed by atoms with Crippen molar-refractivity contribution in [2.24, 2.45) is 5.73 Å². The molecule has 3 nitrogen and oxygen atoms in total. The first-order valence-corrected chi connectivity index (χ1v) is 6.61. The van der Waals surface area contributed by atoms with Crippen LogP contribution < -0.4 is 11.1 Å². The van der Waals surface area contributed by atoms with Gasteiger partial charge in [0, 0.05) is 0 Å². The minimum absolute atomic E-state index is 0.00341. The molecule has 3 N–H and O–H groups in total. The highest BCUT2D eigenvalue weighted by molar-refractivity contribution is 5.81. The molecule has 0 fully saturated rings. The fourth-order valence-corrected chi connectivity index (χ4v) is 1.76. The lowest BCUT2D eigenvalue weighted by atomic mass is 9.99. The highest BCUT2D eigenvalue weighted by Crippen LogP contribution is 2.18. The molecule has 3 heteroatoms. The normalized spacial score (nSPS) is 14.3. The van der Waals surface area contributed by atoms with E-state index in [1.165, 1.54) is 5.56 Å². The first-order valence-electron chi connectivity index (χ1n) is 6.61. The Labute approximate surface area is 110 Å². The number of benzene rings is 1. The van der Waals surface area contributed by atoms with E-state index in [0.717, 1.165) is 5.56 Å². The monoisotopic (exact) mass is 248 g/mol. The Bertz CT molecular complexity index is 384. The summed E-state index contributed by atoms with van der Waals surface area (Å²) in [6.45, 7) is 8.22. The number of amides is 1. The zero-order valence-corrected chi connectivity index (χ0v) is 11.7. The highest BCUT2D eigenvalue weighted by atomic mass is 16.2. The van der Waals surface area contributed by atoms with Crippen molar-refractivity contribution >= 4 is 5.91 Å². The van der Waals surface area contributed by atoms with Crippen LogP contribution >= 0.6 is 0 Å². The van der Waals surface area contributed by atoms with Gasteiger partial charge < -0.3 is 11.1 Å².